The zero-order valence-electron chi connectivity index (χ0n) is 14.6. The topological polar surface area (TPSA) is 73.2 Å². The lowest BCUT2D eigenvalue weighted by atomic mass is 10.2. The summed E-state index contributed by atoms with van der Waals surface area (Å²) in [5, 5.41) is 2.72. The molecule has 2 aromatic heterocycles. The molecule has 0 aliphatic heterocycles. The third-order valence-corrected chi connectivity index (χ3v) is 3.91. The molecule has 0 fully saturated rings. The molecule has 6 heteroatoms. The average Bonchev–Trinajstić information content (AvgIpc) is 2.64. The highest BCUT2D eigenvalue weighted by molar-refractivity contribution is 6.02. The highest BCUT2D eigenvalue weighted by Crippen LogP contribution is 2.13. The van der Waals surface area contributed by atoms with Crippen LogP contribution in [-0.4, -0.2) is 15.5 Å². The van der Waals surface area contributed by atoms with Gasteiger partial charge in [0, 0.05) is 19.3 Å². The van der Waals surface area contributed by atoms with Gasteiger partial charge in [-0.05, 0) is 24.1 Å². The second kappa shape index (κ2) is 7.65. The number of aromatic nitrogens is 2. The number of benzene rings is 1. The van der Waals surface area contributed by atoms with Crippen molar-refractivity contribution in [1.29, 1.82) is 0 Å². The number of carbonyl (C=O) groups is 1. The van der Waals surface area contributed by atoms with Crippen molar-refractivity contribution < 1.29 is 9.53 Å². The van der Waals surface area contributed by atoms with Gasteiger partial charge >= 0.3 is 0 Å². The Balaban J connectivity index is 1.77. The van der Waals surface area contributed by atoms with Gasteiger partial charge in [0.1, 0.15) is 18.1 Å². The molecule has 1 amide bonds. The molecule has 0 aliphatic rings. The van der Waals surface area contributed by atoms with E-state index in [-0.39, 0.29) is 23.5 Å². The van der Waals surface area contributed by atoms with E-state index in [1.807, 2.05) is 43.3 Å². The minimum absolute atomic E-state index is 0.196. The maximum atomic E-state index is 12.5. The maximum absolute atomic E-state index is 12.5. The predicted molar refractivity (Wildman–Crippen MR) is 99.4 cm³/mol. The van der Waals surface area contributed by atoms with Crippen molar-refractivity contribution in [3.8, 4) is 5.75 Å². The van der Waals surface area contributed by atoms with Crippen LogP contribution in [-0.2, 0) is 13.7 Å². The summed E-state index contributed by atoms with van der Waals surface area (Å²) >= 11 is 0. The van der Waals surface area contributed by atoms with E-state index in [2.05, 4.69) is 10.3 Å². The van der Waals surface area contributed by atoms with Crippen molar-refractivity contribution in [3.63, 3.8) is 0 Å². The number of pyridine rings is 2. The summed E-state index contributed by atoms with van der Waals surface area (Å²) in [5.74, 6) is 0.261. The van der Waals surface area contributed by atoms with E-state index in [1.165, 1.54) is 12.3 Å². The smallest absolute Gasteiger partial charge is 0.273 e. The minimum Gasteiger partial charge on any atom is -0.483 e. The fourth-order valence-electron chi connectivity index (χ4n) is 2.46. The first-order chi connectivity index (χ1) is 12.5. The van der Waals surface area contributed by atoms with Gasteiger partial charge in [0.15, 0.2) is 5.75 Å². The molecule has 3 aromatic rings. The van der Waals surface area contributed by atoms with E-state index >= 15 is 0 Å². The molecule has 0 spiro atoms. The fraction of sp³-hybridized carbons (Fsp3) is 0.150. The van der Waals surface area contributed by atoms with Crippen molar-refractivity contribution in [1.82, 2.24) is 9.55 Å². The normalized spacial score (nSPS) is 10.4. The molecule has 1 N–H and O–H groups in total. The number of hydrogen-bond donors (Lipinski definition) is 1. The van der Waals surface area contributed by atoms with Gasteiger partial charge in [-0.15, -0.1) is 0 Å². The first kappa shape index (κ1) is 17.4. The Morgan fingerprint density at radius 1 is 1.19 bits per heavy atom. The predicted octanol–water partition coefficient (Wildman–Crippen LogP) is 2.92. The molecule has 0 unspecified atom stereocenters. The number of amides is 1. The zero-order chi connectivity index (χ0) is 18.5. The zero-order valence-corrected chi connectivity index (χ0v) is 14.6. The SMILES string of the molecule is Cc1cccnc1NC(=O)c1cc(=O)c(OCc2ccccc2)cn1C. The molecular formula is C20H19N3O3. The summed E-state index contributed by atoms with van der Waals surface area (Å²) in [6, 6.07) is 14.5. The quantitative estimate of drug-likeness (QED) is 0.769. The van der Waals surface area contributed by atoms with Crippen molar-refractivity contribution >= 4 is 11.7 Å². The molecule has 1 aromatic carbocycles. The Hall–Kier alpha value is -3.41. The molecule has 132 valence electrons. The number of nitrogens with one attached hydrogen (secondary N) is 1. The van der Waals surface area contributed by atoms with Crippen LogP contribution in [0.15, 0.2) is 65.7 Å². The molecule has 0 atom stereocenters. The minimum atomic E-state index is -0.402. The van der Waals surface area contributed by atoms with Crippen molar-refractivity contribution in [2.45, 2.75) is 13.5 Å². The molecule has 26 heavy (non-hydrogen) atoms. The Morgan fingerprint density at radius 2 is 1.96 bits per heavy atom. The second-order valence-corrected chi connectivity index (χ2v) is 5.90. The maximum Gasteiger partial charge on any atom is 0.273 e. The third kappa shape index (κ3) is 3.97. The van der Waals surface area contributed by atoms with E-state index < -0.39 is 5.91 Å². The van der Waals surface area contributed by atoms with E-state index in [0.29, 0.717) is 5.82 Å². The third-order valence-electron chi connectivity index (χ3n) is 3.91. The number of aryl methyl sites for hydroxylation is 2. The average molecular weight is 349 g/mol. The van der Waals surface area contributed by atoms with Crippen LogP contribution in [0.1, 0.15) is 21.6 Å². The van der Waals surface area contributed by atoms with Crippen molar-refractivity contribution in [3.05, 3.63) is 88.0 Å². The molecule has 2 heterocycles. The molecule has 0 bridgehead atoms. The number of nitrogens with zero attached hydrogens (tertiary/aromatic N) is 2. The lowest BCUT2D eigenvalue weighted by Gasteiger charge is -2.12. The number of anilines is 1. The standard InChI is InChI=1S/C20H19N3O3/c1-14-7-6-10-21-19(14)22-20(25)16-11-17(24)18(12-23(16)2)26-13-15-8-4-3-5-9-15/h3-12H,13H2,1-2H3,(H,21,22,25). The van der Waals surface area contributed by atoms with Gasteiger partial charge in [-0.3, -0.25) is 9.59 Å². The van der Waals surface area contributed by atoms with Gasteiger partial charge in [-0.25, -0.2) is 4.98 Å². The second-order valence-electron chi connectivity index (χ2n) is 5.90. The Kier molecular flexibility index (Phi) is 5.12. The van der Waals surface area contributed by atoms with Gasteiger partial charge in [-0.1, -0.05) is 36.4 Å². The molecule has 0 saturated heterocycles. The fourth-order valence-corrected chi connectivity index (χ4v) is 2.46. The highest BCUT2D eigenvalue weighted by Gasteiger charge is 2.14. The summed E-state index contributed by atoms with van der Waals surface area (Å²) in [7, 11) is 1.69. The van der Waals surface area contributed by atoms with Gasteiger partial charge < -0.3 is 14.6 Å². The number of hydrogen-bond acceptors (Lipinski definition) is 4. The summed E-state index contributed by atoms with van der Waals surface area (Å²) in [4.78, 5) is 28.9. The Bertz CT molecular complexity index is 981. The van der Waals surface area contributed by atoms with Crippen molar-refractivity contribution in [2.24, 2.45) is 7.05 Å². The summed E-state index contributed by atoms with van der Waals surface area (Å²) in [6.07, 6.45) is 3.12. The van der Waals surface area contributed by atoms with Crippen LogP contribution < -0.4 is 15.5 Å². The lowest BCUT2D eigenvalue weighted by molar-refractivity contribution is 0.101. The molecular weight excluding hydrogens is 330 g/mol. The first-order valence-corrected chi connectivity index (χ1v) is 8.15. The van der Waals surface area contributed by atoms with Crippen LogP contribution in [0.2, 0.25) is 0 Å². The van der Waals surface area contributed by atoms with E-state index in [9.17, 15) is 9.59 Å². The van der Waals surface area contributed by atoms with Gasteiger partial charge in [0.05, 0.1) is 6.20 Å². The monoisotopic (exact) mass is 349 g/mol. The van der Waals surface area contributed by atoms with E-state index in [4.69, 9.17) is 4.74 Å². The summed E-state index contributed by atoms with van der Waals surface area (Å²) in [6.45, 7) is 2.14. The molecule has 0 saturated carbocycles. The van der Waals surface area contributed by atoms with Crippen LogP contribution >= 0.6 is 0 Å². The van der Waals surface area contributed by atoms with Crippen LogP contribution in [0.5, 0.6) is 5.75 Å². The van der Waals surface area contributed by atoms with Gasteiger partial charge in [0.25, 0.3) is 5.91 Å². The van der Waals surface area contributed by atoms with E-state index in [1.54, 1.807) is 23.9 Å². The van der Waals surface area contributed by atoms with Crippen molar-refractivity contribution in [2.75, 3.05) is 5.32 Å². The molecule has 6 nitrogen and oxygen atoms in total. The molecule has 0 aliphatic carbocycles. The van der Waals surface area contributed by atoms with Crippen LogP contribution in [0.25, 0.3) is 0 Å². The highest BCUT2D eigenvalue weighted by atomic mass is 16.5. The van der Waals surface area contributed by atoms with Gasteiger partial charge in [0.2, 0.25) is 5.43 Å². The number of rotatable bonds is 5. The number of ether oxygens (including phenoxy) is 1. The molecule has 0 radical (unpaired) electrons. The van der Waals surface area contributed by atoms with Gasteiger partial charge in [-0.2, -0.15) is 0 Å². The summed E-state index contributed by atoms with van der Waals surface area (Å²) in [5.41, 5.74) is 1.68. The van der Waals surface area contributed by atoms with Crippen LogP contribution in [0.3, 0.4) is 0 Å². The number of carbonyl (C=O) groups excluding carboxylic acids is 1. The first-order valence-electron chi connectivity index (χ1n) is 8.15. The summed E-state index contributed by atoms with van der Waals surface area (Å²) < 4.78 is 7.16. The van der Waals surface area contributed by atoms with Crippen LogP contribution in [0, 0.1) is 6.92 Å². The lowest BCUT2D eigenvalue weighted by Crippen LogP contribution is -2.22. The molecule has 3 rings (SSSR count). The van der Waals surface area contributed by atoms with E-state index in [0.717, 1.165) is 11.1 Å². The Morgan fingerprint density at radius 3 is 2.69 bits per heavy atom. The Labute approximate surface area is 151 Å². The van der Waals surface area contributed by atoms with Crippen LogP contribution in [0.4, 0.5) is 5.82 Å². The largest absolute Gasteiger partial charge is 0.483 e.